The van der Waals surface area contributed by atoms with Gasteiger partial charge in [0.25, 0.3) is 7.82 Å². The molecule has 0 saturated heterocycles. The van der Waals surface area contributed by atoms with Crippen molar-refractivity contribution in [3.8, 4) is 0 Å². The standard InChI is InChI=1S/C82H153N2O6P/c1-6-8-10-12-14-16-18-20-22-24-26-28-30-32-34-36-37-38-39-40-41-42-43-44-45-46-47-48-50-52-54-56-58-60-62-64-66-68-70-72-74-76-82(86)83-80(79-90-91(87,88)89-78-77-84(3,4)5)81(85)75-73-71-69-67-65-63-61-59-57-55-53-51-49-35-33-31-29-27-25-23-21-19-17-15-13-11-9-7-2/h8,10,14,16,20,22,26,28,57,59,65,67,73,75,80-81,85H,6-7,9,11-13,15,17-19,21,23-25,27,29-56,58,60-64,66,68-72,74,76-79H2,1-5H3,(H-,83,86,87,88)/b10-8-,16-14-,22-20-,28-26-,59-57+,67-65+,75-73+. The van der Waals surface area contributed by atoms with E-state index in [1.807, 2.05) is 27.2 Å². The molecule has 9 heteroatoms. The van der Waals surface area contributed by atoms with E-state index in [-0.39, 0.29) is 12.5 Å². The molecule has 0 aromatic rings. The number of phosphoric acid groups is 1. The molecule has 1 amide bonds. The zero-order valence-corrected chi connectivity index (χ0v) is 61.9. The van der Waals surface area contributed by atoms with Crippen molar-refractivity contribution in [2.75, 3.05) is 40.9 Å². The first-order valence-electron chi connectivity index (χ1n) is 39.4. The van der Waals surface area contributed by atoms with Gasteiger partial charge in [0.1, 0.15) is 13.2 Å². The smallest absolute Gasteiger partial charge is 0.268 e. The van der Waals surface area contributed by atoms with Gasteiger partial charge in [-0.15, -0.1) is 0 Å². The van der Waals surface area contributed by atoms with E-state index >= 15 is 0 Å². The van der Waals surface area contributed by atoms with Crippen LogP contribution in [0.25, 0.3) is 0 Å². The molecular formula is C82H153N2O6P. The maximum Gasteiger partial charge on any atom is 0.268 e. The number of rotatable bonds is 73. The van der Waals surface area contributed by atoms with E-state index in [1.165, 1.54) is 289 Å². The Morgan fingerprint density at radius 2 is 0.681 bits per heavy atom. The summed E-state index contributed by atoms with van der Waals surface area (Å²) in [4.78, 5) is 25.7. The van der Waals surface area contributed by atoms with Crippen LogP contribution in [0.3, 0.4) is 0 Å². The van der Waals surface area contributed by atoms with E-state index in [4.69, 9.17) is 9.05 Å². The highest BCUT2D eigenvalue weighted by molar-refractivity contribution is 7.45. The maximum atomic E-state index is 13.1. The van der Waals surface area contributed by atoms with Crippen LogP contribution in [-0.4, -0.2) is 68.5 Å². The Morgan fingerprint density at radius 3 is 1.02 bits per heavy atom. The van der Waals surface area contributed by atoms with Crippen molar-refractivity contribution in [2.45, 2.75) is 392 Å². The number of quaternary nitrogens is 1. The van der Waals surface area contributed by atoms with E-state index in [1.54, 1.807) is 6.08 Å². The van der Waals surface area contributed by atoms with Gasteiger partial charge in [0.2, 0.25) is 5.91 Å². The Bertz CT molecular complexity index is 1760. The highest BCUT2D eigenvalue weighted by Crippen LogP contribution is 2.38. The van der Waals surface area contributed by atoms with Crippen molar-refractivity contribution < 1.29 is 32.9 Å². The van der Waals surface area contributed by atoms with Crippen LogP contribution in [0.15, 0.2) is 85.1 Å². The molecule has 0 aromatic carbocycles. The van der Waals surface area contributed by atoms with Gasteiger partial charge in [0, 0.05) is 6.42 Å². The quantitative estimate of drug-likeness (QED) is 0.0272. The second kappa shape index (κ2) is 72.0. The number of nitrogens with zero attached hydrogens (tertiary/aromatic N) is 1. The molecule has 0 rings (SSSR count). The van der Waals surface area contributed by atoms with Gasteiger partial charge < -0.3 is 28.8 Å². The number of nitrogens with one attached hydrogen (secondary N) is 1. The lowest BCUT2D eigenvalue weighted by Gasteiger charge is -2.29. The van der Waals surface area contributed by atoms with Crippen molar-refractivity contribution in [1.29, 1.82) is 0 Å². The Labute approximate surface area is 567 Å². The lowest BCUT2D eigenvalue weighted by molar-refractivity contribution is -0.870. The highest BCUT2D eigenvalue weighted by Gasteiger charge is 2.23. The monoisotopic (exact) mass is 1290 g/mol. The predicted octanol–water partition coefficient (Wildman–Crippen LogP) is 25.2. The summed E-state index contributed by atoms with van der Waals surface area (Å²) in [7, 11) is 1.25. The molecule has 3 unspecified atom stereocenters. The minimum atomic E-state index is -4.62. The third-order valence-corrected chi connectivity index (χ3v) is 18.8. The van der Waals surface area contributed by atoms with Gasteiger partial charge in [-0.05, 0) is 83.5 Å². The number of amides is 1. The van der Waals surface area contributed by atoms with Crippen LogP contribution < -0.4 is 10.2 Å². The summed E-state index contributed by atoms with van der Waals surface area (Å²) < 4.78 is 23.5. The lowest BCUT2D eigenvalue weighted by Crippen LogP contribution is -2.45. The topological polar surface area (TPSA) is 108 Å². The zero-order chi connectivity index (χ0) is 66.2. The number of unbranched alkanes of at least 4 members (excludes halogenated alkanes) is 48. The van der Waals surface area contributed by atoms with E-state index < -0.39 is 26.6 Å². The van der Waals surface area contributed by atoms with Crippen molar-refractivity contribution in [3.05, 3.63) is 85.1 Å². The van der Waals surface area contributed by atoms with E-state index in [0.29, 0.717) is 17.4 Å². The van der Waals surface area contributed by atoms with Gasteiger partial charge in [0.05, 0.1) is 39.9 Å². The van der Waals surface area contributed by atoms with Gasteiger partial charge in [-0.3, -0.25) is 9.36 Å². The molecule has 0 aliphatic rings. The molecule has 0 bridgehead atoms. The van der Waals surface area contributed by atoms with E-state index in [0.717, 1.165) is 70.6 Å². The van der Waals surface area contributed by atoms with E-state index in [2.05, 4.69) is 92.1 Å². The van der Waals surface area contributed by atoms with Gasteiger partial charge in [-0.25, -0.2) is 0 Å². The number of phosphoric ester groups is 1. The molecular weight excluding hydrogens is 1140 g/mol. The molecule has 532 valence electrons. The largest absolute Gasteiger partial charge is 0.756 e. The third-order valence-electron chi connectivity index (χ3n) is 17.8. The fourth-order valence-electron chi connectivity index (χ4n) is 11.8. The van der Waals surface area contributed by atoms with Crippen LogP contribution >= 0.6 is 7.82 Å². The van der Waals surface area contributed by atoms with Crippen molar-refractivity contribution in [3.63, 3.8) is 0 Å². The molecule has 2 N–H and O–H groups in total. The highest BCUT2D eigenvalue weighted by atomic mass is 31.2. The molecule has 0 heterocycles. The lowest BCUT2D eigenvalue weighted by atomic mass is 10.0. The number of hydrogen-bond donors (Lipinski definition) is 2. The van der Waals surface area contributed by atoms with Crippen LogP contribution in [0.5, 0.6) is 0 Å². The summed E-state index contributed by atoms with van der Waals surface area (Å²) in [6, 6.07) is -0.913. The van der Waals surface area contributed by atoms with Gasteiger partial charge in [-0.1, -0.05) is 375 Å². The molecule has 0 aromatic heterocycles. The number of hydrogen-bond acceptors (Lipinski definition) is 6. The average molecular weight is 1290 g/mol. The maximum absolute atomic E-state index is 13.1. The van der Waals surface area contributed by atoms with Gasteiger partial charge in [-0.2, -0.15) is 0 Å². The summed E-state index contributed by atoms with van der Waals surface area (Å²) in [5, 5.41) is 14.0. The van der Waals surface area contributed by atoms with Crippen molar-refractivity contribution >= 4 is 13.7 Å². The summed E-state index contributed by atoms with van der Waals surface area (Å²) in [5.41, 5.74) is 0. The second-order valence-corrected chi connectivity index (χ2v) is 29.4. The number of allylic oxidation sites excluding steroid dienone is 13. The Morgan fingerprint density at radius 1 is 0.396 bits per heavy atom. The minimum Gasteiger partial charge on any atom is -0.756 e. The molecule has 0 radical (unpaired) electrons. The van der Waals surface area contributed by atoms with Gasteiger partial charge >= 0.3 is 0 Å². The van der Waals surface area contributed by atoms with Crippen LogP contribution in [0.2, 0.25) is 0 Å². The van der Waals surface area contributed by atoms with Crippen LogP contribution in [-0.2, 0) is 18.4 Å². The summed E-state index contributed by atoms with van der Waals surface area (Å²) in [5.74, 6) is -0.205. The molecule has 0 fully saturated rings. The predicted molar refractivity (Wildman–Crippen MR) is 399 cm³/mol. The minimum absolute atomic E-state index is 0.00904. The van der Waals surface area contributed by atoms with Crippen molar-refractivity contribution in [2.24, 2.45) is 0 Å². The first kappa shape index (κ1) is 88.7. The zero-order valence-electron chi connectivity index (χ0n) is 61.0. The van der Waals surface area contributed by atoms with Crippen molar-refractivity contribution in [1.82, 2.24) is 5.32 Å². The average Bonchev–Trinajstić information content (AvgIpc) is 3.59. The number of aliphatic hydroxyl groups is 1. The molecule has 3 atom stereocenters. The fourth-order valence-corrected chi connectivity index (χ4v) is 12.5. The number of carbonyl (C=O) groups is 1. The normalized spacial score (nSPS) is 14.0. The first-order valence-corrected chi connectivity index (χ1v) is 40.9. The summed E-state index contributed by atoms with van der Waals surface area (Å²) in [6.45, 7) is 4.56. The molecule has 0 aliphatic heterocycles. The third kappa shape index (κ3) is 74.9. The molecule has 0 saturated carbocycles. The molecule has 0 spiro atoms. The molecule has 91 heavy (non-hydrogen) atoms. The van der Waals surface area contributed by atoms with Crippen LogP contribution in [0.4, 0.5) is 0 Å². The summed E-state index contributed by atoms with van der Waals surface area (Å²) in [6.07, 6.45) is 103. The molecule has 0 aliphatic carbocycles. The van der Waals surface area contributed by atoms with Crippen LogP contribution in [0, 0.1) is 0 Å². The van der Waals surface area contributed by atoms with Crippen LogP contribution in [0.1, 0.15) is 380 Å². The Hall–Kier alpha value is -2.32. The Balaban J connectivity index is 3.97. The Kier molecular flexibility index (Phi) is 70.1. The first-order chi connectivity index (χ1) is 44.5. The number of carbonyl (C=O) groups excluding carboxylic acids is 1. The fraction of sp³-hybridized carbons (Fsp3) is 0.817. The van der Waals surface area contributed by atoms with E-state index in [9.17, 15) is 19.4 Å². The number of aliphatic hydroxyl groups excluding tert-OH is 1. The second-order valence-electron chi connectivity index (χ2n) is 28.0. The molecule has 8 nitrogen and oxygen atoms in total. The number of likely N-dealkylation sites (N-methyl/N-ethyl adjacent to an activating group) is 1. The SMILES string of the molecule is CC/C=C\C/C=C\C/C=C\C/C=C\CCCCCCCCCCCCCCCCCCCCCCCCCCCCCCC(=O)NC(COP(=O)([O-])OCC[N+](C)(C)C)C(O)/C=C/CC/C=C/CC/C=C/CCCCCCCCCCCCCCCCCCCC. The summed E-state index contributed by atoms with van der Waals surface area (Å²) >= 11 is 0. The van der Waals surface area contributed by atoms with Gasteiger partial charge in [0.15, 0.2) is 0 Å².